The number of nitrogens with one attached hydrogen (secondary N) is 1. The summed E-state index contributed by atoms with van der Waals surface area (Å²) in [4.78, 5) is 0. The highest BCUT2D eigenvalue weighted by Gasteiger charge is 2.12. The molecule has 2 nitrogen and oxygen atoms in total. The second kappa shape index (κ2) is 5.24. The van der Waals surface area contributed by atoms with Crippen LogP contribution >= 0.6 is 0 Å². The molecule has 1 aromatic rings. The zero-order chi connectivity index (χ0) is 10.5. The van der Waals surface area contributed by atoms with Crippen molar-refractivity contribution >= 4 is 0 Å². The lowest BCUT2D eigenvalue weighted by Gasteiger charge is -2.13. The van der Waals surface area contributed by atoms with E-state index in [1.165, 1.54) is 17.7 Å². The smallest absolute Gasteiger partial charge is 0.123 e. The SMILES string of the molecule is Fc1ccc(C[C@@H]2CNCCOC2)cc1. The van der Waals surface area contributed by atoms with E-state index in [4.69, 9.17) is 4.74 Å². The highest BCUT2D eigenvalue weighted by Crippen LogP contribution is 2.11. The number of benzene rings is 1. The van der Waals surface area contributed by atoms with Crippen molar-refractivity contribution in [1.29, 1.82) is 0 Å². The predicted octanol–water partition coefficient (Wildman–Crippen LogP) is 1.60. The van der Waals surface area contributed by atoms with E-state index in [0.717, 1.165) is 32.7 Å². The molecule has 0 saturated carbocycles. The van der Waals surface area contributed by atoms with E-state index in [1.807, 2.05) is 12.1 Å². The van der Waals surface area contributed by atoms with Crippen LogP contribution in [0, 0.1) is 11.7 Å². The van der Waals surface area contributed by atoms with Crippen LogP contribution in [0.4, 0.5) is 4.39 Å². The minimum absolute atomic E-state index is 0.172. The highest BCUT2D eigenvalue weighted by molar-refractivity contribution is 5.16. The van der Waals surface area contributed by atoms with Gasteiger partial charge in [-0.15, -0.1) is 0 Å². The van der Waals surface area contributed by atoms with Gasteiger partial charge in [0.1, 0.15) is 5.82 Å². The van der Waals surface area contributed by atoms with Gasteiger partial charge in [-0.05, 0) is 30.0 Å². The Labute approximate surface area is 89.4 Å². The minimum atomic E-state index is -0.172. The molecular weight excluding hydrogens is 193 g/mol. The molecule has 1 heterocycles. The molecule has 1 aromatic carbocycles. The number of rotatable bonds is 2. The van der Waals surface area contributed by atoms with E-state index in [9.17, 15) is 4.39 Å². The molecule has 0 bridgehead atoms. The van der Waals surface area contributed by atoms with Crippen LogP contribution in [-0.2, 0) is 11.2 Å². The van der Waals surface area contributed by atoms with Gasteiger partial charge in [-0.3, -0.25) is 0 Å². The fourth-order valence-electron chi connectivity index (χ4n) is 1.84. The van der Waals surface area contributed by atoms with Crippen LogP contribution in [0.1, 0.15) is 5.56 Å². The molecule has 2 rings (SSSR count). The maximum Gasteiger partial charge on any atom is 0.123 e. The molecule has 0 radical (unpaired) electrons. The van der Waals surface area contributed by atoms with E-state index >= 15 is 0 Å². The lowest BCUT2D eigenvalue weighted by molar-refractivity contribution is 0.123. The van der Waals surface area contributed by atoms with Gasteiger partial charge in [-0.2, -0.15) is 0 Å². The Kier molecular flexibility index (Phi) is 3.69. The highest BCUT2D eigenvalue weighted by atomic mass is 19.1. The molecule has 0 unspecified atom stereocenters. The zero-order valence-electron chi connectivity index (χ0n) is 8.71. The van der Waals surface area contributed by atoms with Gasteiger partial charge < -0.3 is 10.1 Å². The molecule has 0 spiro atoms. The monoisotopic (exact) mass is 209 g/mol. The summed E-state index contributed by atoms with van der Waals surface area (Å²) >= 11 is 0. The van der Waals surface area contributed by atoms with Gasteiger partial charge in [-0.1, -0.05) is 12.1 Å². The van der Waals surface area contributed by atoms with Crippen molar-refractivity contribution in [3.63, 3.8) is 0 Å². The van der Waals surface area contributed by atoms with E-state index < -0.39 is 0 Å². The fourth-order valence-corrected chi connectivity index (χ4v) is 1.84. The van der Waals surface area contributed by atoms with E-state index in [1.54, 1.807) is 0 Å². The van der Waals surface area contributed by atoms with Crippen molar-refractivity contribution in [2.75, 3.05) is 26.3 Å². The molecule has 1 aliphatic heterocycles. The van der Waals surface area contributed by atoms with Crippen molar-refractivity contribution in [1.82, 2.24) is 5.32 Å². The molecule has 0 aliphatic carbocycles. The van der Waals surface area contributed by atoms with Crippen LogP contribution in [0.25, 0.3) is 0 Å². The average Bonchev–Trinajstić information content (AvgIpc) is 2.50. The Bertz CT molecular complexity index is 291. The van der Waals surface area contributed by atoms with Crippen molar-refractivity contribution in [3.8, 4) is 0 Å². The number of ether oxygens (including phenoxy) is 1. The third-order valence-electron chi connectivity index (χ3n) is 2.65. The first-order valence-corrected chi connectivity index (χ1v) is 5.37. The Morgan fingerprint density at radius 2 is 2.13 bits per heavy atom. The molecule has 0 aromatic heterocycles. The Morgan fingerprint density at radius 3 is 2.93 bits per heavy atom. The maximum absolute atomic E-state index is 12.7. The van der Waals surface area contributed by atoms with Gasteiger partial charge in [0, 0.05) is 13.1 Å². The van der Waals surface area contributed by atoms with E-state index in [-0.39, 0.29) is 5.82 Å². The van der Waals surface area contributed by atoms with Gasteiger partial charge in [0.05, 0.1) is 13.2 Å². The van der Waals surface area contributed by atoms with Crippen molar-refractivity contribution in [2.24, 2.45) is 5.92 Å². The Hall–Kier alpha value is -0.930. The summed E-state index contributed by atoms with van der Waals surface area (Å²) in [7, 11) is 0. The molecule has 1 fully saturated rings. The van der Waals surface area contributed by atoms with Gasteiger partial charge >= 0.3 is 0 Å². The molecular formula is C12H16FNO. The Morgan fingerprint density at radius 1 is 1.33 bits per heavy atom. The topological polar surface area (TPSA) is 21.3 Å². The van der Waals surface area contributed by atoms with Crippen LogP contribution in [0.15, 0.2) is 24.3 Å². The second-order valence-corrected chi connectivity index (χ2v) is 3.98. The van der Waals surface area contributed by atoms with Gasteiger partial charge in [0.2, 0.25) is 0 Å². The van der Waals surface area contributed by atoms with Crippen molar-refractivity contribution in [3.05, 3.63) is 35.6 Å². The summed E-state index contributed by atoms with van der Waals surface area (Å²) in [5.74, 6) is 0.326. The number of hydrogen-bond donors (Lipinski definition) is 1. The summed E-state index contributed by atoms with van der Waals surface area (Å²) in [6.07, 6.45) is 0.952. The standard InChI is InChI=1S/C12H16FNO/c13-12-3-1-10(2-4-12)7-11-8-14-5-6-15-9-11/h1-4,11,14H,5-9H2/t11-/m1/s1. The molecule has 82 valence electrons. The average molecular weight is 209 g/mol. The normalized spacial score (nSPS) is 22.3. The molecule has 1 aliphatic rings. The van der Waals surface area contributed by atoms with E-state index in [2.05, 4.69) is 5.32 Å². The maximum atomic E-state index is 12.7. The summed E-state index contributed by atoms with van der Waals surface area (Å²) < 4.78 is 18.2. The molecule has 15 heavy (non-hydrogen) atoms. The van der Waals surface area contributed by atoms with Crippen LogP contribution in [0.5, 0.6) is 0 Å². The first-order valence-electron chi connectivity index (χ1n) is 5.37. The first-order chi connectivity index (χ1) is 7.34. The zero-order valence-corrected chi connectivity index (χ0v) is 8.71. The molecule has 3 heteroatoms. The number of halogens is 1. The third kappa shape index (κ3) is 3.29. The third-order valence-corrected chi connectivity index (χ3v) is 2.65. The van der Waals surface area contributed by atoms with Crippen LogP contribution < -0.4 is 5.32 Å². The largest absolute Gasteiger partial charge is 0.380 e. The van der Waals surface area contributed by atoms with Gasteiger partial charge in [0.15, 0.2) is 0 Å². The lowest BCUT2D eigenvalue weighted by atomic mass is 10.0. The lowest BCUT2D eigenvalue weighted by Crippen LogP contribution is -2.24. The minimum Gasteiger partial charge on any atom is -0.380 e. The van der Waals surface area contributed by atoms with Crippen molar-refractivity contribution < 1.29 is 9.13 Å². The Balaban J connectivity index is 1.92. The van der Waals surface area contributed by atoms with Crippen molar-refractivity contribution in [2.45, 2.75) is 6.42 Å². The van der Waals surface area contributed by atoms with Crippen LogP contribution in [0.2, 0.25) is 0 Å². The fraction of sp³-hybridized carbons (Fsp3) is 0.500. The summed E-state index contributed by atoms with van der Waals surface area (Å²) in [5.41, 5.74) is 1.17. The van der Waals surface area contributed by atoms with Gasteiger partial charge in [0.25, 0.3) is 0 Å². The summed E-state index contributed by atoms with van der Waals surface area (Å²) in [5, 5.41) is 3.33. The van der Waals surface area contributed by atoms with Crippen LogP contribution in [0.3, 0.4) is 0 Å². The van der Waals surface area contributed by atoms with E-state index in [0.29, 0.717) is 5.92 Å². The molecule has 0 amide bonds. The molecule has 1 saturated heterocycles. The predicted molar refractivity (Wildman–Crippen MR) is 57.3 cm³/mol. The summed E-state index contributed by atoms with van der Waals surface area (Å²) in [6, 6.07) is 6.72. The molecule has 1 N–H and O–H groups in total. The molecule has 1 atom stereocenters. The summed E-state index contributed by atoms with van der Waals surface area (Å²) in [6.45, 7) is 3.50. The first kappa shape index (κ1) is 10.6. The second-order valence-electron chi connectivity index (χ2n) is 3.98. The van der Waals surface area contributed by atoms with Crippen LogP contribution in [-0.4, -0.2) is 26.3 Å². The number of hydrogen-bond acceptors (Lipinski definition) is 2. The van der Waals surface area contributed by atoms with Gasteiger partial charge in [-0.25, -0.2) is 4.39 Å². The quantitative estimate of drug-likeness (QED) is 0.799.